The average molecular weight is 580 g/mol. The zero-order chi connectivity index (χ0) is 26.3. The van der Waals surface area contributed by atoms with Crippen LogP contribution in [-0.2, 0) is 6.18 Å². The first-order valence-corrected chi connectivity index (χ1v) is 11.9. The molecular formula is C25H21BrF3N3O3S. The number of rotatable bonds is 7. The van der Waals surface area contributed by atoms with Gasteiger partial charge in [0.1, 0.15) is 5.75 Å². The number of carbonyl (C=O) groups excluding carboxylic acids is 2. The lowest BCUT2D eigenvalue weighted by atomic mass is 10.1. The van der Waals surface area contributed by atoms with Gasteiger partial charge < -0.3 is 15.4 Å². The molecule has 36 heavy (non-hydrogen) atoms. The van der Waals surface area contributed by atoms with E-state index in [1.807, 2.05) is 6.92 Å². The summed E-state index contributed by atoms with van der Waals surface area (Å²) in [4.78, 5) is 24.9. The topological polar surface area (TPSA) is 79.5 Å². The average Bonchev–Trinajstić information content (AvgIpc) is 2.83. The Morgan fingerprint density at radius 1 is 0.917 bits per heavy atom. The van der Waals surface area contributed by atoms with Crippen molar-refractivity contribution in [2.45, 2.75) is 19.5 Å². The summed E-state index contributed by atoms with van der Waals surface area (Å²) in [6.07, 6.45) is -3.65. The molecule has 0 saturated heterocycles. The summed E-state index contributed by atoms with van der Waals surface area (Å²) in [5.41, 5.74) is 0.265. The Kier molecular flexibility index (Phi) is 9.05. The molecule has 0 radical (unpaired) electrons. The van der Waals surface area contributed by atoms with Crippen LogP contribution in [0.5, 0.6) is 5.75 Å². The lowest BCUT2D eigenvalue weighted by Gasteiger charge is -2.12. The number of benzene rings is 3. The third-order valence-electron chi connectivity index (χ3n) is 4.74. The third-order valence-corrected chi connectivity index (χ3v) is 5.56. The highest BCUT2D eigenvalue weighted by molar-refractivity contribution is 9.10. The molecular weight excluding hydrogens is 559 g/mol. The molecule has 3 N–H and O–H groups in total. The van der Waals surface area contributed by atoms with E-state index in [4.69, 9.17) is 17.0 Å². The minimum absolute atomic E-state index is 0.0255. The molecule has 0 heterocycles. The Labute approximate surface area is 219 Å². The maximum atomic E-state index is 12.9. The molecule has 0 saturated carbocycles. The summed E-state index contributed by atoms with van der Waals surface area (Å²) in [5.74, 6) is -0.368. The Morgan fingerprint density at radius 3 is 2.25 bits per heavy atom. The van der Waals surface area contributed by atoms with Crippen LogP contribution < -0.4 is 20.7 Å². The van der Waals surface area contributed by atoms with Crippen molar-refractivity contribution >= 4 is 56.4 Å². The fourth-order valence-corrected chi connectivity index (χ4v) is 3.69. The SMILES string of the molecule is CCCOc1ccc(C(=O)NC(=S)Nc2ccc(C(=O)Nc3cccc(C(F)(F)F)c3)cc2)cc1Br. The van der Waals surface area contributed by atoms with Gasteiger partial charge in [-0.05, 0) is 95.2 Å². The van der Waals surface area contributed by atoms with E-state index >= 15 is 0 Å². The van der Waals surface area contributed by atoms with E-state index in [1.54, 1.807) is 30.3 Å². The molecule has 0 aromatic heterocycles. The molecule has 3 aromatic carbocycles. The number of thiocarbonyl (C=S) groups is 1. The second-order valence-electron chi connectivity index (χ2n) is 7.51. The standard InChI is InChI=1S/C25H21BrF3N3O3S/c1-2-12-35-21-11-8-16(13-20(21)26)23(34)32-24(36)31-18-9-6-15(7-10-18)22(33)30-19-5-3-4-17(14-19)25(27,28)29/h3-11,13-14H,2,12H2,1H3,(H,30,33)(H2,31,32,34,36). The Balaban J connectivity index is 1.57. The van der Waals surface area contributed by atoms with Gasteiger partial charge in [-0.3, -0.25) is 14.9 Å². The predicted molar refractivity (Wildman–Crippen MR) is 139 cm³/mol. The highest BCUT2D eigenvalue weighted by atomic mass is 79.9. The summed E-state index contributed by atoms with van der Waals surface area (Å²) < 4.78 is 44.8. The molecule has 2 amide bonds. The van der Waals surface area contributed by atoms with Gasteiger partial charge in [-0.2, -0.15) is 13.2 Å². The number of carbonyl (C=O) groups is 2. The maximum absolute atomic E-state index is 12.9. The quantitative estimate of drug-likeness (QED) is 0.274. The molecule has 0 aliphatic heterocycles. The zero-order valence-electron chi connectivity index (χ0n) is 18.9. The highest BCUT2D eigenvalue weighted by Crippen LogP contribution is 2.31. The van der Waals surface area contributed by atoms with Gasteiger partial charge in [-0.25, -0.2) is 0 Å². The number of anilines is 2. The monoisotopic (exact) mass is 579 g/mol. The summed E-state index contributed by atoms with van der Waals surface area (Å²) in [6.45, 7) is 2.55. The van der Waals surface area contributed by atoms with Crippen LogP contribution in [0.15, 0.2) is 71.2 Å². The van der Waals surface area contributed by atoms with Crippen LogP contribution in [0.2, 0.25) is 0 Å². The second-order valence-corrected chi connectivity index (χ2v) is 8.77. The van der Waals surface area contributed by atoms with E-state index in [1.165, 1.54) is 24.3 Å². The van der Waals surface area contributed by atoms with Crippen LogP contribution in [0.4, 0.5) is 24.5 Å². The van der Waals surface area contributed by atoms with Gasteiger partial charge in [0.15, 0.2) is 5.11 Å². The van der Waals surface area contributed by atoms with Crippen molar-refractivity contribution in [1.82, 2.24) is 5.32 Å². The van der Waals surface area contributed by atoms with Crippen LogP contribution in [0.1, 0.15) is 39.6 Å². The molecule has 0 spiro atoms. The van der Waals surface area contributed by atoms with Crippen molar-refractivity contribution in [3.63, 3.8) is 0 Å². The lowest BCUT2D eigenvalue weighted by molar-refractivity contribution is -0.137. The zero-order valence-corrected chi connectivity index (χ0v) is 21.3. The Hall–Kier alpha value is -3.44. The molecule has 0 aliphatic rings. The van der Waals surface area contributed by atoms with Crippen molar-refractivity contribution in [2.75, 3.05) is 17.2 Å². The molecule has 3 rings (SSSR count). The first-order valence-electron chi connectivity index (χ1n) is 10.7. The van der Waals surface area contributed by atoms with Crippen LogP contribution in [-0.4, -0.2) is 23.5 Å². The van der Waals surface area contributed by atoms with Crippen LogP contribution >= 0.6 is 28.1 Å². The Bertz CT molecular complexity index is 1270. The van der Waals surface area contributed by atoms with Gasteiger partial charge in [-0.1, -0.05) is 13.0 Å². The minimum Gasteiger partial charge on any atom is -0.492 e. The molecule has 0 aliphatic carbocycles. The van der Waals surface area contributed by atoms with E-state index in [-0.39, 0.29) is 16.4 Å². The summed E-state index contributed by atoms with van der Waals surface area (Å²) >= 11 is 8.57. The molecule has 11 heteroatoms. The maximum Gasteiger partial charge on any atom is 0.416 e. The number of alkyl halides is 3. The molecule has 0 atom stereocenters. The third kappa shape index (κ3) is 7.53. The van der Waals surface area contributed by atoms with Gasteiger partial charge in [-0.15, -0.1) is 0 Å². The minimum atomic E-state index is -4.51. The fraction of sp³-hybridized carbons (Fsp3) is 0.160. The van der Waals surface area contributed by atoms with Gasteiger partial charge in [0.25, 0.3) is 11.8 Å². The smallest absolute Gasteiger partial charge is 0.416 e. The molecule has 0 unspecified atom stereocenters. The molecule has 3 aromatic rings. The lowest BCUT2D eigenvalue weighted by Crippen LogP contribution is -2.34. The van der Waals surface area contributed by atoms with Crippen molar-refractivity contribution in [1.29, 1.82) is 0 Å². The van der Waals surface area contributed by atoms with E-state index in [0.29, 0.717) is 28.1 Å². The van der Waals surface area contributed by atoms with E-state index < -0.39 is 23.6 Å². The summed E-state index contributed by atoms with van der Waals surface area (Å²) in [6, 6.07) is 15.4. The normalized spacial score (nSPS) is 10.9. The van der Waals surface area contributed by atoms with E-state index in [0.717, 1.165) is 18.6 Å². The fourth-order valence-electron chi connectivity index (χ4n) is 2.99. The number of ether oxygens (including phenoxy) is 1. The van der Waals surface area contributed by atoms with Gasteiger partial charge in [0.2, 0.25) is 0 Å². The largest absolute Gasteiger partial charge is 0.492 e. The van der Waals surface area contributed by atoms with Crippen molar-refractivity contribution < 1.29 is 27.5 Å². The number of nitrogens with one attached hydrogen (secondary N) is 3. The molecule has 188 valence electrons. The second kappa shape index (κ2) is 12.0. The van der Waals surface area contributed by atoms with Crippen LogP contribution in [0.3, 0.4) is 0 Å². The van der Waals surface area contributed by atoms with E-state index in [2.05, 4.69) is 31.9 Å². The van der Waals surface area contributed by atoms with Crippen LogP contribution in [0.25, 0.3) is 0 Å². The van der Waals surface area contributed by atoms with Crippen molar-refractivity contribution in [3.8, 4) is 5.75 Å². The van der Waals surface area contributed by atoms with Gasteiger partial charge in [0.05, 0.1) is 16.6 Å². The molecule has 0 fully saturated rings. The summed E-state index contributed by atoms with van der Waals surface area (Å²) in [7, 11) is 0. The van der Waals surface area contributed by atoms with Gasteiger partial charge >= 0.3 is 6.18 Å². The number of hydrogen-bond donors (Lipinski definition) is 3. The van der Waals surface area contributed by atoms with Crippen molar-refractivity contribution in [3.05, 3.63) is 87.9 Å². The van der Waals surface area contributed by atoms with E-state index in [9.17, 15) is 22.8 Å². The first-order chi connectivity index (χ1) is 17.1. The predicted octanol–water partition coefficient (Wildman–Crippen LogP) is 6.64. The summed E-state index contributed by atoms with van der Waals surface area (Å²) in [5, 5.41) is 7.90. The van der Waals surface area contributed by atoms with Gasteiger partial charge in [0, 0.05) is 22.5 Å². The van der Waals surface area contributed by atoms with Crippen LogP contribution in [0, 0.1) is 0 Å². The molecule has 0 bridgehead atoms. The number of hydrogen-bond acceptors (Lipinski definition) is 4. The number of halogens is 4. The molecule has 6 nitrogen and oxygen atoms in total. The van der Waals surface area contributed by atoms with Crippen molar-refractivity contribution in [2.24, 2.45) is 0 Å². The highest BCUT2D eigenvalue weighted by Gasteiger charge is 2.30. The first kappa shape index (κ1) is 27.2. The number of amides is 2. The Morgan fingerprint density at radius 2 is 1.61 bits per heavy atom.